The van der Waals surface area contributed by atoms with E-state index < -0.39 is 0 Å². The van der Waals surface area contributed by atoms with E-state index in [1.807, 2.05) is 18.2 Å². The van der Waals surface area contributed by atoms with E-state index in [2.05, 4.69) is 43.0 Å². The number of rotatable bonds is 9. The van der Waals surface area contributed by atoms with Gasteiger partial charge in [-0.05, 0) is 61.0 Å². The van der Waals surface area contributed by atoms with Crippen molar-refractivity contribution in [2.75, 3.05) is 10.6 Å². The molecule has 0 radical (unpaired) electrons. The van der Waals surface area contributed by atoms with Gasteiger partial charge in [0.15, 0.2) is 0 Å². The van der Waals surface area contributed by atoms with E-state index in [9.17, 15) is 9.59 Å². The summed E-state index contributed by atoms with van der Waals surface area (Å²) in [5.74, 6) is -0.103. The van der Waals surface area contributed by atoms with Crippen LogP contribution in [-0.2, 0) is 9.59 Å². The highest BCUT2D eigenvalue weighted by Gasteiger charge is 2.08. The van der Waals surface area contributed by atoms with Crippen LogP contribution in [0.25, 0.3) is 9.53 Å². The van der Waals surface area contributed by atoms with Gasteiger partial charge in [-0.25, -0.2) is 4.98 Å². The Morgan fingerprint density at radius 1 is 0.857 bits per heavy atom. The summed E-state index contributed by atoms with van der Waals surface area (Å²) in [4.78, 5) is 28.2. The SMILES string of the molecule is CCCCC(=O)Nc1ccc(N=Nc2nc3sc(N=Nc4ccc(NC(C)=O)cc4)cc3s2)cc1. The van der Waals surface area contributed by atoms with Crippen LogP contribution in [0.5, 0.6) is 0 Å². The van der Waals surface area contributed by atoms with Gasteiger partial charge in [0.05, 0.1) is 16.1 Å². The van der Waals surface area contributed by atoms with E-state index in [1.54, 1.807) is 36.4 Å². The number of azo groups is 2. The molecule has 9 nitrogen and oxygen atoms in total. The summed E-state index contributed by atoms with van der Waals surface area (Å²) in [6, 6.07) is 16.3. The fraction of sp³-hybridized carbons (Fsp3) is 0.208. The fourth-order valence-electron chi connectivity index (χ4n) is 3.00. The maximum atomic E-state index is 11.8. The zero-order valence-corrected chi connectivity index (χ0v) is 20.8. The van der Waals surface area contributed by atoms with E-state index in [0.717, 1.165) is 33.1 Å². The van der Waals surface area contributed by atoms with Gasteiger partial charge in [-0.1, -0.05) is 36.0 Å². The fourth-order valence-corrected chi connectivity index (χ4v) is 4.85. The Labute approximate surface area is 210 Å². The van der Waals surface area contributed by atoms with Crippen LogP contribution in [-0.4, -0.2) is 16.8 Å². The summed E-state index contributed by atoms with van der Waals surface area (Å²) in [6.07, 6.45) is 2.39. The lowest BCUT2D eigenvalue weighted by atomic mass is 10.2. The van der Waals surface area contributed by atoms with Crippen LogP contribution in [0, 0.1) is 0 Å². The second-order valence-electron chi connectivity index (χ2n) is 7.58. The van der Waals surface area contributed by atoms with E-state index in [0.29, 0.717) is 28.6 Å². The van der Waals surface area contributed by atoms with E-state index in [1.165, 1.54) is 29.6 Å². The molecule has 0 aliphatic heterocycles. The molecule has 0 atom stereocenters. The third-order valence-electron chi connectivity index (χ3n) is 4.68. The topological polar surface area (TPSA) is 121 Å². The molecule has 2 aromatic heterocycles. The molecule has 35 heavy (non-hydrogen) atoms. The average Bonchev–Trinajstić information content (AvgIpc) is 3.40. The number of anilines is 2. The first kappa shape index (κ1) is 24.3. The highest BCUT2D eigenvalue weighted by molar-refractivity contribution is 7.30. The van der Waals surface area contributed by atoms with Gasteiger partial charge in [0.25, 0.3) is 0 Å². The third-order valence-corrected chi connectivity index (χ3v) is 6.61. The molecule has 4 aromatic rings. The number of aromatic nitrogens is 1. The smallest absolute Gasteiger partial charge is 0.231 e. The van der Waals surface area contributed by atoms with Gasteiger partial charge in [-0.15, -0.1) is 20.5 Å². The number of hydrogen-bond acceptors (Lipinski definition) is 9. The van der Waals surface area contributed by atoms with Crippen LogP contribution in [0.3, 0.4) is 0 Å². The zero-order chi connectivity index (χ0) is 24.6. The number of carbonyl (C=O) groups excluding carboxylic acids is 2. The van der Waals surface area contributed by atoms with Crippen molar-refractivity contribution in [3.8, 4) is 0 Å². The zero-order valence-electron chi connectivity index (χ0n) is 19.2. The normalized spacial score (nSPS) is 11.5. The first-order valence-electron chi connectivity index (χ1n) is 11.0. The van der Waals surface area contributed by atoms with E-state index >= 15 is 0 Å². The van der Waals surface area contributed by atoms with Crippen molar-refractivity contribution < 1.29 is 9.59 Å². The number of hydrogen-bond donors (Lipinski definition) is 2. The molecule has 2 aromatic carbocycles. The molecular formula is C24H23N7O2S2. The minimum absolute atomic E-state index is 0.0165. The van der Waals surface area contributed by atoms with Gasteiger partial charge in [0.1, 0.15) is 9.83 Å². The maximum absolute atomic E-state index is 11.8. The van der Waals surface area contributed by atoms with Crippen LogP contribution in [0.1, 0.15) is 33.1 Å². The quantitative estimate of drug-likeness (QED) is 0.223. The second kappa shape index (κ2) is 11.5. The van der Waals surface area contributed by atoms with E-state index in [-0.39, 0.29) is 11.8 Å². The minimum Gasteiger partial charge on any atom is -0.326 e. The van der Waals surface area contributed by atoms with Gasteiger partial charge in [0.2, 0.25) is 16.9 Å². The number of carbonyl (C=O) groups is 2. The van der Waals surface area contributed by atoms with Gasteiger partial charge in [-0.2, -0.15) is 0 Å². The highest BCUT2D eigenvalue weighted by Crippen LogP contribution is 2.39. The number of nitrogens with zero attached hydrogens (tertiary/aromatic N) is 5. The molecule has 0 aliphatic carbocycles. The predicted octanol–water partition coefficient (Wildman–Crippen LogP) is 8.28. The summed E-state index contributed by atoms with van der Waals surface area (Å²) in [6.45, 7) is 3.52. The number of amides is 2. The van der Waals surface area contributed by atoms with Crippen LogP contribution in [0.2, 0.25) is 0 Å². The third kappa shape index (κ3) is 7.08. The summed E-state index contributed by atoms with van der Waals surface area (Å²) in [5.41, 5.74) is 2.81. The van der Waals surface area contributed by atoms with Crippen LogP contribution < -0.4 is 10.6 Å². The van der Waals surface area contributed by atoms with Crippen LogP contribution in [0.4, 0.5) is 32.9 Å². The van der Waals surface area contributed by atoms with Crippen molar-refractivity contribution in [1.82, 2.24) is 4.98 Å². The summed E-state index contributed by atoms with van der Waals surface area (Å²) < 4.78 is 0.962. The van der Waals surface area contributed by atoms with Crippen molar-refractivity contribution in [1.29, 1.82) is 0 Å². The minimum atomic E-state index is -0.120. The molecule has 178 valence electrons. The van der Waals surface area contributed by atoms with Crippen molar-refractivity contribution in [2.24, 2.45) is 20.5 Å². The molecule has 0 fully saturated rings. The monoisotopic (exact) mass is 505 g/mol. The molecule has 0 unspecified atom stereocenters. The molecule has 4 rings (SSSR count). The van der Waals surface area contributed by atoms with E-state index in [4.69, 9.17) is 0 Å². The molecule has 11 heteroatoms. The largest absolute Gasteiger partial charge is 0.326 e. The Morgan fingerprint density at radius 3 is 2.09 bits per heavy atom. The lowest BCUT2D eigenvalue weighted by Crippen LogP contribution is -2.10. The molecule has 0 saturated heterocycles. The lowest BCUT2D eigenvalue weighted by Gasteiger charge is -2.04. The number of thiophene rings is 1. The first-order valence-corrected chi connectivity index (χ1v) is 12.6. The Morgan fingerprint density at radius 2 is 1.49 bits per heavy atom. The Kier molecular flexibility index (Phi) is 8.01. The molecule has 2 amide bonds. The predicted molar refractivity (Wildman–Crippen MR) is 141 cm³/mol. The molecular weight excluding hydrogens is 482 g/mol. The van der Waals surface area contributed by atoms with Crippen molar-refractivity contribution in [2.45, 2.75) is 33.1 Å². The van der Waals surface area contributed by atoms with Crippen molar-refractivity contribution in [3.05, 3.63) is 54.6 Å². The number of benzene rings is 2. The van der Waals surface area contributed by atoms with Gasteiger partial charge >= 0.3 is 0 Å². The first-order chi connectivity index (χ1) is 17.0. The molecule has 2 N–H and O–H groups in total. The maximum Gasteiger partial charge on any atom is 0.231 e. The average molecular weight is 506 g/mol. The standard InChI is InChI=1S/C24H23N7O2S2/c1-3-4-5-21(33)26-17-8-12-19(13-9-17)29-31-24-27-23-20(34-24)14-22(35-23)30-28-18-10-6-16(7-11-18)25-15(2)32/h6-14H,3-5H2,1-2H3,(H,25,32)(H,26,33). The van der Waals surface area contributed by atoms with Crippen molar-refractivity contribution in [3.63, 3.8) is 0 Å². The van der Waals surface area contributed by atoms with Gasteiger partial charge < -0.3 is 10.6 Å². The van der Waals surface area contributed by atoms with Gasteiger partial charge in [0, 0.05) is 24.7 Å². The highest BCUT2D eigenvalue weighted by atomic mass is 32.1. The lowest BCUT2D eigenvalue weighted by molar-refractivity contribution is -0.116. The molecule has 0 saturated carbocycles. The molecule has 0 aliphatic rings. The van der Waals surface area contributed by atoms with Crippen LogP contribution >= 0.6 is 22.7 Å². The summed E-state index contributed by atoms with van der Waals surface area (Å²) >= 11 is 2.85. The number of thiazole rings is 1. The summed E-state index contributed by atoms with van der Waals surface area (Å²) in [5, 5.41) is 23.9. The Balaban J connectivity index is 1.35. The number of fused-ring (bicyclic) bond motifs is 1. The van der Waals surface area contributed by atoms with Gasteiger partial charge in [-0.3, -0.25) is 9.59 Å². The summed E-state index contributed by atoms with van der Waals surface area (Å²) in [7, 11) is 0. The Hall–Kier alpha value is -3.83. The second-order valence-corrected chi connectivity index (χ2v) is 9.60. The Bertz CT molecular complexity index is 1340. The molecule has 0 spiro atoms. The molecule has 2 heterocycles. The van der Waals surface area contributed by atoms with Crippen molar-refractivity contribution >= 4 is 76.9 Å². The number of unbranched alkanes of at least 4 members (excludes halogenated alkanes) is 1. The molecule has 0 bridgehead atoms. The number of nitrogens with one attached hydrogen (secondary N) is 2. The van der Waals surface area contributed by atoms with Crippen LogP contribution in [0.15, 0.2) is 75.1 Å².